The number of ether oxygens (including phenoxy) is 1. The molecule has 1 unspecified atom stereocenters. The molecule has 1 N–H and O–H groups in total. The van der Waals surface area contributed by atoms with E-state index >= 15 is 0 Å². The topological polar surface area (TPSA) is 42.4 Å². The maximum atomic E-state index is 9.16. The van der Waals surface area contributed by atoms with Gasteiger partial charge in [-0.1, -0.05) is 6.07 Å². The number of methoxy groups -OCH3 is 1. The largest absolute Gasteiger partial charge is 0.364 e. The molecule has 0 saturated carbocycles. The minimum absolute atomic E-state index is 0.679. The van der Waals surface area contributed by atoms with Crippen molar-refractivity contribution in [1.29, 1.82) is 0 Å². The molecule has 1 aromatic heterocycles. The van der Waals surface area contributed by atoms with Gasteiger partial charge in [0.1, 0.15) is 0 Å². The summed E-state index contributed by atoms with van der Waals surface area (Å²) >= 11 is 0. The van der Waals surface area contributed by atoms with Gasteiger partial charge in [0.25, 0.3) is 0 Å². The predicted molar refractivity (Wildman–Crippen MR) is 40.9 cm³/mol. The van der Waals surface area contributed by atoms with Gasteiger partial charge in [-0.15, -0.1) is 0 Å². The Balaban J connectivity index is 2.81. The summed E-state index contributed by atoms with van der Waals surface area (Å²) in [5, 5.41) is 9.16. The molecular formula is C8H11NO2. The Morgan fingerprint density at radius 2 is 2.27 bits per heavy atom. The molecule has 0 aliphatic rings. The van der Waals surface area contributed by atoms with Crippen LogP contribution in [0.3, 0.4) is 0 Å². The highest BCUT2D eigenvalue weighted by atomic mass is 16.6. The Kier molecular flexibility index (Phi) is 2.57. The summed E-state index contributed by atoms with van der Waals surface area (Å²) in [6.45, 7) is 1.89. The van der Waals surface area contributed by atoms with Crippen LogP contribution in [0.4, 0.5) is 0 Å². The van der Waals surface area contributed by atoms with Gasteiger partial charge in [-0.25, -0.2) is 0 Å². The van der Waals surface area contributed by atoms with Crippen LogP contribution >= 0.6 is 0 Å². The van der Waals surface area contributed by atoms with E-state index in [4.69, 9.17) is 9.84 Å². The van der Waals surface area contributed by atoms with Crippen LogP contribution < -0.4 is 0 Å². The van der Waals surface area contributed by atoms with Crippen molar-refractivity contribution in [2.45, 2.75) is 13.2 Å². The van der Waals surface area contributed by atoms with Crippen LogP contribution in [0.5, 0.6) is 0 Å². The fourth-order valence-electron chi connectivity index (χ4n) is 0.761. The van der Waals surface area contributed by atoms with E-state index in [1.807, 2.05) is 13.0 Å². The normalized spacial score (nSPS) is 13.0. The molecule has 0 radical (unpaired) electrons. The number of rotatable bonds is 2. The van der Waals surface area contributed by atoms with Crippen molar-refractivity contribution in [2.75, 3.05) is 7.11 Å². The molecule has 0 spiro atoms. The van der Waals surface area contributed by atoms with Crippen LogP contribution in [0.1, 0.15) is 17.5 Å². The molecular weight excluding hydrogens is 142 g/mol. The zero-order valence-corrected chi connectivity index (χ0v) is 6.61. The number of aliphatic hydroxyl groups excluding tert-OH is 1. The molecule has 1 atom stereocenters. The first-order valence-corrected chi connectivity index (χ1v) is 3.37. The van der Waals surface area contributed by atoms with E-state index in [0.717, 1.165) is 5.69 Å². The van der Waals surface area contributed by atoms with E-state index < -0.39 is 6.29 Å². The molecule has 1 rings (SSSR count). The molecule has 0 saturated heterocycles. The second-order valence-electron chi connectivity index (χ2n) is 2.32. The van der Waals surface area contributed by atoms with Crippen molar-refractivity contribution >= 4 is 0 Å². The van der Waals surface area contributed by atoms with Crippen LogP contribution in [-0.2, 0) is 4.74 Å². The van der Waals surface area contributed by atoms with Crippen molar-refractivity contribution in [3.8, 4) is 0 Å². The second-order valence-corrected chi connectivity index (χ2v) is 2.32. The van der Waals surface area contributed by atoms with Gasteiger partial charge in [-0.2, -0.15) is 0 Å². The van der Waals surface area contributed by atoms with Gasteiger partial charge in [0, 0.05) is 24.6 Å². The van der Waals surface area contributed by atoms with Crippen molar-refractivity contribution in [2.24, 2.45) is 0 Å². The third-order valence-electron chi connectivity index (χ3n) is 1.44. The lowest BCUT2D eigenvalue weighted by atomic mass is 10.2. The van der Waals surface area contributed by atoms with Crippen molar-refractivity contribution < 1.29 is 9.84 Å². The summed E-state index contributed by atoms with van der Waals surface area (Å²) < 4.78 is 4.69. The van der Waals surface area contributed by atoms with Gasteiger partial charge in [0.2, 0.25) is 0 Å². The first-order chi connectivity index (χ1) is 5.24. The summed E-state index contributed by atoms with van der Waals surface area (Å²) in [6, 6.07) is 3.62. The van der Waals surface area contributed by atoms with E-state index in [2.05, 4.69) is 4.98 Å². The molecule has 0 aliphatic heterocycles. The summed E-state index contributed by atoms with van der Waals surface area (Å²) in [6.07, 6.45) is 0.742. The fourth-order valence-corrected chi connectivity index (χ4v) is 0.761. The summed E-state index contributed by atoms with van der Waals surface area (Å²) in [7, 11) is 1.45. The lowest BCUT2D eigenvalue weighted by Gasteiger charge is -2.07. The highest BCUT2D eigenvalue weighted by Gasteiger charge is 2.03. The maximum absolute atomic E-state index is 9.16. The number of aryl methyl sites for hydroxylation is 1. The average molecular weight is 153 g/mol. The van der Waals surface area contributed by atoms with Crippen LogP contribution in [0, 0.1) is 6.92 Å². The number of nitrogens with zero attached hydrogens (tertiary/aromatic N) is 1. The summed E-state index contributed by atoms with van der Waals surface area (Å²) in [5.74, 6) is 0. The van der Waals surface area contributed by atoms with E-state index in [1.54, 1.807) is 12.3 Å². The predicted octanol–water partition coefficient (Wildman–Crippen LogP) is 1.03. The third kappa shape index (κ3) is 2.00. The smallest absolute Gasteiger partial charge is 0.182 e. The molecule has 1 heterocycles. The highest BCUT2D eigenvalue weighted by Crippen LogP contribution is 2.11. The number of hydrogen-bond acceptors (Lipinski definition) is 3. The summed E-state index contributed by atoms with van der Waals surface area (Å²) in [5.41, 5.74) is 1.61. The molecule has 0 amide bonds. The number of aromatic nitrogens is 1. The Bertz CT molecular complexity index is 220. The number of pyridine rings is 1. The van der Waals surface area contributed by atoms with Gasteiger partial charge < -0.3 is 9.84 Å². The minimum Gasteiger partial charge on any atom is -0.364 e. The fraction of sp³-hybridized carbons (Fsp3) is 0.375. The number of aliphatic hydroxyl groups is 1. The molecule has 0 fully saturated rings. The molecule has 0 aliphatic carbocycles. The van der Waals surface area contributed by atoms with E-state index in [1.165, 1.54) is 7.11 Å². The monoisotopic (exact) mass is 153 g/mol. The van der Waals surface area contributed by atoms with Gasteiger partial charge >= 0.3 is 0 Å². The molecule has 11 heavy (non-hydrogen) atoms. The van der Waals surface area contributed by atoms with Crippen LogP contribution in [0.15, 0.2) is 18.3 Å². The van der Waals surface area contributed by atoms with Gasteiger partial charge in [-0.05, 0) is 13.0 Å². The lowest BCUT2D eigenvalue weighted by molar-refractivity contribution is -0.0771. The molecule has 3 nitrogen and oxygen atoms in total. The molecule has 1 aromatic rings. The Morgan fingerprint density at radius 3 is 2.73 bits per heavy atom. The molecule has 0 aromatic carbocycles. The quantitative estimate of drug-likeness (QED) is 0.645. The second kappa shape index (κ2) is 3.46. The third-order valence-corrected chi connectivity index (χ3v) is 1.44. The van der Waals surface area contributed by atoms with Gasteiger partial charge in [0.05, 0.1) is 0 Å². The molecule has 60 valence electrons. The van der Waals surface area contributed by atoms with Gasteiger partial charge in [-0.3, -0.25) is 4.98 Å². The van der Waals surface area contributed by atoms with Crippen molar-refractivity contribution in [3.63, 3.8) is 0 Å². The van der Waals surface area contributed by atoms with E-state index in [9.17, 15) is 0 Å². The van der Waals surface area contributed by atoms with Crippen LogP contribution in [0.2, 0.25) is 0 Å². The van der Waals surface area contributed by atoms with Gasteiger partial charge in [0.15, 0.2) is 6.29 Å². The molecule has 0 bridgehead atoms. The Labute approximate surface area is 65.7 Å². The van der Waals surface area contributed by atoms with E-state index in [-0.39, 0.29) is 0 Å². The Hall–Kier alpha value is -0.930. The zero-order valence-electron chi connectivity index (χ0n) is 6.61. The zero-order chi connectivity index (χ0) is 8.27. The minimum atomic E-state index is -0.858. The SMILES string of the molecule is COC(O)c1ccc(C)nc1. The van der Waals surface area contributed by atoms with Crippen LogP contribution in [-0.4, -0.2) is 17.2 Å². The van der Waals surface area contributed by atoms with Crippen molar-refractivity contribution in [3.05, 3.63) is 29.6 Å². The average Bonchev–Trinajstić information content (AvgIpc) is 2.05. The highest BCUT2D eigenvalue weighted by molar-refractivity contribution is 5.13. The van der Waals surface area contributed by atoms with E-state index in [0.29, 0.717) is 5.56 Å². The standard InChI is InChI=1S/C8H11NO2/c1-6-3-4-7(5-9-6)8(10)11-2/h3-5,8,10H,1-2H3. The maximum Gasteiger partial charge on any atom is 0.182 e. The van der Waals surface area contributed by atoms with Crippen LogP contribution in [0.25, 0.3) is 0 Å². The van der Waals surface area contributed by atoms with Crippen molar-refractivity contribution in [1.82, 2.24) is 4.98 Å². The lowest BCUT2D eigenvalue weighted by Crippen LogP contribution is -1.99. The Morgan fingerprint density at radius 1 is 1.55 bits per heavy atom. The molecule has 3 heteroatoms. The summed E-state index contributed by atoms with van der Waals surface area (Å²) in [4.78, 5) is 4.01. The first kappa shape index (κ1) is 8.17. The number of hydrogen-bond donors (Lipinski definition) is 1. The first-order valence-electron chi connectivity index (χ1n) is 3.37.